The molecule has 0 heterocycles. The maximum Gasteiger partial charge on any atom is 0.118 e. The smallest absolute Gasteiger partial charge is 0.118 e. The van der Waals surface area contributed by atoms with Crippen LogP contribution in [-0.4, -0.2) is 10.2 Å². The van der Waals surface area contributed by atoms with Crippen LogP contribution in [0.2, 0.25) is 0 Å². The molecular formula is C15H14O2. The minimum Gasteiger partial charge on any atom is -0.508 e. The standard InChI is InChI=1S/C15H14O2/c1-11-10-13(6-9-15(11)17)3-2-12-4-7-14(16)8-5-12/h2-10,16-17H,1H3/b3-2+. The molecule has 0 aliphatic rings. The summed E-state index contributed by atoms with van der Waals surface area (Å²) >= 11 is 0. The van der Waals surface area contributed by atoms with Crippen molar-refractivity contribution in [3.05, 3.63) is 59.2 Å². The lowest BCUT2D eigenvalue weighted by Crippen LogP contribution is -1.77. The summed E-state index contributed by atoms with van der Waals surface area (Å²) in [5.74, 6) is 0.578. The molecule has 0 fully saturated rings. The minimum atomic E-state index is 0.266. The molecule has 0 saturated carbocycles. The first-order chi connectivity index (χ1) is 8.15. The summed E-state index contributed by atoms with van der Waals surface area (Å²) < 4.78 is 0. The molecule has 0 aromatic heterocycles. The average Bonchev–Trinajstić information content (AvgIpc) is 2.33. The summed E-state index contributed by atoms with van der Waals surface area (Å²) in [5.41, 5.74) is 2.92. The molecule has 0 spiro atoms. The molecule has 0 radical (unpaired) electrons. The average molecular weight is 226 g/mol. The van der Waals surface area contributed by atoms with E-state index in [9.17, 15) is 5.11 Å². The zero-order valence-electron chi connectivity index (χ0n) is 9.59. The monoisotopic (exact) mass is 226 g/mol. The minimum absolute atomic E-state index is 0.266. The Morgan fingerprint density at radius 1 is 0.824 bits per heavy atom. The molecule has 0 amide bonds. The predicted octanol–water partition coefficient (Wildman–Crippen LogP) is 3.58. The number of hydrogen-bond acceptors (Lipinski definition) is 2. The van der Waals surface area contributed by atoms with Crippen molar-refractivity contribution in [1.82, 2.24) is 0 Å². The maximum absolute atomic E-state index is 9.41. The molecule has 17 heavy (non-hydrogen) atoms. The Kier molecular flexibility index (Phi) is 3.15. The number of phenols is 2. The van der Waals surface area contributed by atoms with E-state index in [1.807, 2.05) is 43.3 Å². The lowest BCUT2D eigenvalue weighted by Gasteiger charge is -2.00. The Hall–Kier alpha value is -2.22. The Labute approximate surface area is 100 Å². The van der Waals surface area contributed by atoms with Crippen molar-refractivity contribution in [2.24, 2.45) is 0 Å². The number of hydrogen-bond donors (Lipinski definition) is 2. The largest absolute Gasteiger partial charge is 0.508 e. The highest BCUT2D eigenvalue weighted by Gasteiger charge is 1.95. The Morgan fingerprint density at radius 3 is 2.06 bits per heavy atom. The Morgan fingerprint density at radius 2 is 1.41 bits per heavy atom. The van der Waals surface area contributed by atoms with Gasteiger partial charge in [0.25, 0.3) is 0 Å². The van der Waals surface area contributed by atoms with Crippen LogP contribution in [0.5, 0.6) is 11.5 Å². The highest BCUT2D eigenvalue weighted by molar-refractivity contribution is 5.70. The van der Waals surface area contributed by atoms with E-state index in [0.29, 0.717) is 5.75 Å². The van der Waals surface area contributed by atoms with Crippen molar-refractivity contribution in [2.75, 3.05) is 0 Å². The van der Waals surface area contributed by atoms with Gasteiger partial charge in [-0.1, -0.05) is 30.4 Å². The second-order valence-electron chi connectivity index (χ2n) is 3.97. The van der Waals surface area contributed by atoms with E-state index in [-0.39, 0.29) is 5.75 Å². The molecule has 0 atom stereocenters. The third kappa shape index (κ3) is 2.88. The van der Waals surface area contributed by atoms with E-state index in [0.717, 1.165) is 16.7 Å². The molecule has 2 nitrogen and oxygen atoms in total. The fourth-order valence-electron chi connectivity index (χ4n) is 1.56. The van der Waals surface area contributed by atoms with E-state index in [2.05, 4.69) is 0 Å². The van der Waals surface area contributed by atoms with Gasteiger partial charge in [-0.2, -0.15) is 0 Å². The fourth-order valence-corrected chi connectivity index (χ4v) is 1.56. The van der Waals surface area contributed by atoms with Gasteiger partial charge in [0.15, 0.2) is 0 Å². The predicted molar refractivity (Wildman–Crippen MR) is 69.9 cm³/mol. The Balaban J connectivity index is 2.20. The molecule has 2 aromatic carbocycles. The second kappa shape index (κ2) is 4.74. The highest BCUT2D eigenvalue weighted by atomic mass is 16.3. The molecule has 2 rings (SSSR count). The van der Waals surface area contributed by atoms with Crippen LogP contribution < -0.4 is 0 Å². The number of aromatic hydroxyl groups is 2. The maximum atomic E-state index is 9.41. The summed E-state index contributed by atoms with van der Waals surface area (Å²) in [4.78, 5) is 0. The van der Waals surface area contributed by atoms with Gasteiger partial charge in [0.1, 0.15) is 11.5 Å². The van der Waals surface area contributed by atoms with Gasteiger partial charge < -0.3 is 10.2 Å². The molecular weight excluding hydrogens is 212 g/mol. The molecule has 0 aliphatic carbocycles. The zero-order valence-corrected chi connectivity index (χ0v) is 9.59. The first-order valence-electron chi connectivity index (χ1n) is 5.42. The van der Waals surface area contributed by atoms with Crippen molar-refractivity contribution in [2.45, 2.75) is 6.92 Å². The summed E-state index contributed by atoms with van der Waals surface area (Å²) in [5, 5.41) is 18.6. The number of aryl methyl sites for hydroxylation is 1. The fraction of sp³-hybridized carbons (Fsp3) is 0.0667. The number of phenolic OH excluding ortho intramolecular Hbond substituents is 2. The first kappa shape index (κ1) is 11.3. The SMILES string of the molecule is Cc1cc(/C=C/c2ccc(O)cc2)ccc1O. The normalized spacial score (nSPS) is 10.9. The second-order valence-corrected chi connectivity index (χ2v) is 3.97. The quantitative estimate of drug-likeness (QED) is 0.768. The molecule has 2 aromatic rings. The third-order valence-corrected chi connectivity index (χ3v) is 2.58. The summed E-state index contributed by atoms with van der Waals surface area (Å²) in [6.07, 6.45) is 3.93. The van der Waals surface area contributed by atoms with Crippen LogP contribution in [0, 0.1) is 6.92 Å². The lowest BCUT2D eigenvalue weighted by molar-refractivity contribution is 0.471. The van der Waals surface area contributed by atoms with Gasteiger partial charge in [-0.3, -0.25) is 0 Å². The van der Waals surface area contributed by atoms with Gasteiger partial charge in [0.05, 0.1) is 0 Å². The van der Waals surface area contributed by atoms with Crippen LogP contribution in [0.15, 0.2) is 42.5 Å². The molecule has 0 bridgehead atoms. The van der Waals surface area contributed by atoms with Crippen molar-refractivity contribution >= 4 is 12.2 Å². The molecule has 2 heteroatoms. The number of rotatable bonds is 2. The van der Waals surface area contributed by atoms with E-state index in [4.69, 9.17) is 5.11 Å². The van der Waals surface area contributed by atoms with Crippen molar-refractivity contribution in [1.29, 1.82) is 0 Å². The van der Waals surface area contributed by atoms with Crippen LogP contribution >= 0.6 is 0 Å². The lowest BCUT2D eigenvalue weighted by atomic mass is 10.1. The van der Waals surface area contributed by atoms with Gasteiger partial charge in [0.2, 0.25) is 0 Å². The van der Waals surface area contributed by atoms with Gasteiger partial charge >= 0.3 is 0 Å². The zero-order chi connectivity index (χ0) is 12.3. The Bertz CT molecular complexity index is 539. The van der Waals surface area contributed by atoms with E-state index < -0.39 is 0 Å². The summed E-state index contributed by atoms with van der Waals surface area (Å²) in [6.45, 7) is 1.87. The third-order valence-electron chi connectivity index (χ3n) is 2.58. The summed E-state index contributed by atoms with van der Waals surface area (Å²) in [6, 6.07) is 12.5. The van der Waals surface area contributed by atoms with Crippen LogP contribution in [0.4, 0.5) is 0 Å². The first-order valence-corrected chi connectivity index (χ1v) is 5.42. The van der Waals surface area contributed by atoms with Crippen molar-refractivity contribution in [3.8, 4) is 11.5 Å². The topological polar surface area (TPSA) is 40.5 Å². The van der Waals surface area contributed by atoms with Gasteiger partial charge in [-0.05, 0) is 47.9 Å². The summed E-state index contributed by atoms with van der Waals surface area (Å²) in [7, 11) is 0. The van der Waals surface area contributed by atoms with Crippen molar-refractivity contribution in [3.63, 3.8) is 0 Å². The van der Waals surface area contributed by atoms with Crippen LogP contribution in [-0.2, 0) is 0 Å². The molecule has 86 valence electrons. The van der Waals surface area contributed by atoms with Crippen LogP contribution in [0.1, 0.15) is 16.7 Å². The van der Waals surface area contributed by atoms with E-state index in [1.54, 1.807) is 18.2 Å². The highest BCUT2D eigenvalue weighted by Crippen LogP contribution is 2.19. The van der Waals surface area contributed by atoms with Gasteiger partial charge in [-0.25, -0.2) is 0 Å². The van der Waals surface area contributed by atoms with Crippen LogP contribution in [0.3, 0.4) is 0 Å². The van der Waals surface area contributed by atoms with E-state index >= 15 is 0 Å². The molecule has 0 saturated heterocycles. The van der Waals surface area contributed by atoms with Gasteiger partial charge in [0, 0.05) is 0 Å². The molecule has 0 unspecified atom stereocenters. The van der Waals surface area contributed by atoms with E-state index in [1.165, 1.54) is 0 Å². The van der Waals surface area contributed by atoms with Gasteiger partial charge in [-0.15, -0.1) is 0 Å². The molecule has 0 aliphatic heterocycles. The number of benzene rings is 2. The van der Waals surface area contributed by atoms with Crippen molar-refractivity contribution < 1.29 is 10.2 Å². The van der Waals surface area contributed by atoms with Crippen LogP contribution in [0.25, 0.3) is 12.2 Å². The molecule has 2 N–H and O–H groups in total.